The van der Waals surface area contributed by atoms with Gasteiger partial charge in [-0.2, -0.15) is 0 Å². The van der Waals surface area contributed by atoms with Gasteiger partial charge in [0.05, 0.1) is 16.1 Å². The molecule has 0 radical (unpaired) electrons. The van der Waals surface area contributed by atoms with Gasteiger partial charge in [0.15, 0.2) is 0 Å². The molecule has 0 fully saturated rings. The van der Waals surface area contributed by atoms with Gasteiger partial charge in [0.2, 0.25) is 0 Å². The first-order chi connectivity index (χ1) is 10.3. The van der Waals surface area contributed by atoms with Crippen molar-refractivity contribution in [2.75, 3.05) is 5.32 Å². The lowest BCUT2D eigenvalue weighted by molar-refractivity contribution is 0.103. The molecule has 1 amide bonds. The van der Waals surface area contributed by atoms with Crippen LogP contribution >= 0.6 is 11.3 Å². The van der Waals surface area contributed by atoms with E-state index in [1.807, 2.05) is 36.4 Å². The summed E-state index contributed by atoms with van der Waals surface area (Å²) in [6, 6.07) is 11.8. The van der Waals surface area contributed by atoms with Gasteiger partial charge in [-0.05, 0) is 43.0 Å². The Morgan fingerprint density at radius 1 is 1.19 bits per heavy atom. The Hall–Kier alpha value is -2.20. The number of anilines is 1. The van der Waals surface area contributed by atoms with E-state index < -0.39 is 0 Å². The van der Waals surface area contributed by atoms with Gasteiger partial charge < -0.3 is 5.32 Å². The van der Waals surface area contributed by atoms with Gasteiger partial charge in [-0.25, -0.2) is 0 Å². The molecule has 0 spiro atoms. The highest BCUT2D eigenvalue weighted by molar-refractivity contribution is 7.14. The number of nitrogens with one attached hydrogen (secondary N) is 1. The minimum atomic E-state index is -0.0347. The van der Waals surface area contributed by atoms with Crippen LogP contribution in [0, 0.1) is 0 Å². The smallest absolute Gasteiger partial charge is 0.265 e. The molecule has 2 aromatic heterocycles. The average molecular weight is 294 g/mol. The third-order valence-corrected chi connectivity index (χ3v) is 5.09. The van der Waals surface area contributed by atoms with E-state index in [2.05, 4.69) is 10.3 Å². The lowest BCUT2D eigenvalue weighted by atomic mass is 10.2. The zero-order valence-electron chi connectivity index (χ0n) is 11.4. The molecule has 0 saturated carbocycles. The van der Waals surface area contributed by atoms with Gasteiger partial charge in [-0.3, -0.25) is 9.78 Å². The lowest BCUT2D eigenvalue weighted by Gasteiger charge is -2.06. The quantitative estimate of drug-likeness (QED) is 0.775. The highest BCUT2D eigenvalue weighted by Crippen LogP contribution is 2.31. The maximum Gasteiger partial charge on any atom is 0.265 e. The largest absolute Gasteiger partial charge is 0.319 e. The predicted molar refractivity (Wildman–Crippen MR) is 86.0 cm³/mol. The Balaban J connectivity index is 1.66. The van der Waals surface area contributed by atoms with E-state index in [1.54, 1.807) is 17.5 Å². The molecule has 1 aliphatic rings. The molecule has 4 heteroatoms. The van der Waals surface area contributed by atoms with E-state index in [0.717, 1.165) is 34.3 Å². The Kier molecular flexibility index (Phi) is 2.97. The predicted octanol–water partition coefficient (Wildman–Crippen LogP) is 4.04. The number of carbonyl (C=O) groups excluding carboxylic acids is 1. The molecule has 0 unspecified atom stereocenters. The van der Waals surface area contributed by atoms with Gasteiger partial charge in [-0.15, -0.1) is 11.3 Å². The Morgan fingerprint density at radius 3 is 3.00 bits per heavy atom. The molecule has 21 heavy (non-hydrogen) atoms. The average Bonchev–Trinajstić information content (AvgIpc) is 3.09. The fourth-order valence-electron chi connectivity index (χ4n) is 2.83. The molecule has 4 rings (SSSR count). The van der Waals surface area contributed by atoms with Crippen molar-refractivity contribution in [3.05, 3.63) is 57.9 Å². The first-order valence-corrected chi connectivity index (χ1v) is 7.89. The summed E-state index contributed by atoms with van der Waals surface area (Å²) in [5.74, 6) is -0.0347. The van der Waals surface area contributed by atoms with E-state index in [-0.39, 0.29) is 5.91 Å². The van der Waals surface area contributed by atoms with E-state index in [4.69, 9.17) is 0 Å². The second kappa shape index (κ2) is 4.97. The van der Waals surface area contributed by atoms with Gasteiger partial charge in [0, 0.05) is 16.5 Å². The number of aryl methyl sites for hydroxylation is 2. The summed E-state index contributed by atoms with van der Waals surface area (Å²) in [6.45, 7) is 0. The summed E-state index contributed by atoms with van der Waals surface area (Å²) in [7, 11) is 0. The number of thiophene rings is 1. The molecule has 104 valence electrons. The van der Waals surface area contributed by atoms with Crippen LogP contribution in [0.3, 0.4) is 0 Å². The van der Waals surface area contributed by atoms with E-state index in [1.165, 1.54) is 16.9 Å². The first-order valence-electron chi connectivity index (χ1n) is 7.08. The molecule has 0 atom stereocenters. The van der Waals surface area contributed by atoms with Crippen LogP contribution in [0.2, 0.25) is 0 Å². The minimum absolute atomic E-state index is 0.0347. The molecule has 0 bridgehead atoms. The van der Waals surface area contributed by atoms with Crippen molar-refractivity contribution in [3.8, 4) is 0 Å². The molecule has 2 heterocycles. The summed E-state index contributed by atoms with van der Waals surface area (Å²) in [5.41, 5.74) is 2.95. The van der Waals surface area contributed by atoms with Gasteiger partial charge in [0.1, 0.15) is 0 Å². The molecule has 1 N–H and O–H groups in total. The molecule has 0 aliphatic heterocycles. The van der Waals surface area contributed by atoms with Crippen molar-refractivity contribution in [1.29, 1.82) is 0 Å². The number of pyridine rings is 1. The fourth-order valence-corrected chi connectivity index (χ4v) is 3.98. The van der Waals surface area contributed by atoms with Crippen molar-refractivity contribution >= 4 is 33.8 Å². The SMILES string of the molecule is O=C(Nc1cccc2cccnc12)c1cc2c(s1)CCC2. The number of benzene rings is 1. The van der Waals surface area contributed by atoms with Crippen LogP contribution in [0.25, 0.3) is 10.9 Å². The zero-order valence-corrected chi connectivity index (χ0v) is 12.2. The maximum absolute atomic E-state index is 12.4. The summed E-state index contributed by atoms with van der Waals surface area (Å²) in [6.07, 6.45) is 5.19. The summed E-state index contributed by atoms with van der Waals surface area (Å²) >= 11 is 1.62. The topological polar surface area (TPSA) is 42.0 Å². The van der Waals surface area contributed by atoms with Crippen LogP contribution in [0.1, 0.15) is 26.5 Å². The number of hydrogen-bond donors (Lipinski definition) is 1. The molecule has 3 nitrogen and oxygen atoms in total. The third-order valence-electron chi connectivity index (χ3n) is 3.85. The molecule has 1 aromatic carbocycles. The van der Waals surface area contributed by atoms with E-state index in [9.17, 15) is 4.79 Å². The summed E-state index contributed by atoms with van der Waals surface area (Å²) < 4.78 is 0. The lowest BCUT2D eigenvalue weighted by Crippen LogP contribution is -2.10. The molecule has 1 aliphatic carbocycles. The summed E-state index contributed by atoms with van der Waals surface area (Å²) in [4.78, 5) is 19.0. The number of amides is 1. The number of para-hydroxylation sites is 1. The molecular formula is C17H14N2OS. The molecule has 0 saturated heterocycles. The van der Waals surface area contributed by atoms with Crippen LogP contribution in [0.15, 0.2) is 42.6 Å². The number of nitrogens with zero attached hydrogens (tertiary/aromatic N) is 1. The van der Waals surface area contributed by atoms with Crippen LogP contribution in [-0.2, 0) is 12.8 Å². The number of aromatic nitrogens is 1. The molecule has 3 aromatic rings. The highest BCUT2D eigenvalue weighted by atomic mass is 32.1. The Morgan fingerprint density at radius 2 is 2.10 bits per heavy atom. The zero-order chi connectivity index (χ0) is 14.2. The second-order valence-corrected chi connectivity index (χ2v) is 6.38. The Bertz CT molecular complexity index is 811. The van der Waals surface area contributed by atoms with Crippen LogP contribution in [0.5, 0.6) is 0 Å². The van der Waals surface area contributed by atoms with Crippen molar-refractivity contribution in [1.82, 2.24) is 4.98 Å². The normalized spacial score (nSPS) is 13.3. The number of rotatable bonds is 2. The van der Waals surface area contributed by atoms with Crippen molar-refractivity contribution in [2.24, 2.45) is 0 Å². The number of hydrogen-bond acceptors (Lipinski definition) is 3. The fraction of sp³-hybridized carbons (Fsp3) is 0.176. The van der Waals surface area contributed by atoms with E-state index in [0.29, 0.717) is 0 Å². The van der Waals surface area contributed by atoms with Gasteiger partial charge in [-0.1, -0.05) is 18.2 Å². The highest BCUT2D eigenvalue weighted by Gasteiger charge is 2.18. The Labute approximate surface area is 126 Å². The van der Waals surface area contributed by atoms with Crippen LogP contribution in [-0.4, -0.2) is 10.9 Å². The number of fused-ring (bicyclic) bond motifs is 2. The van der Waals surface area contributed by atoms with Crippen molar-refractivity contribution in [3.63, 3.8) is 0 Å². The van der Waals surface area contributed by atoms with Crippen molar-refractivity contribution in [2.45, 2.75) is 19.3 Å². The van der Waals surface area contributed by atoms with Crippen LogP contribution < -0.4 is 5.32 Å². The van der Waals surface area contributed by atoms with Crippen LogP contribution in [0.4, 0.5) is 5.69 Å². The van der Waals surface area contributed by atoms with Gasteiger partial charge in [0.25, 0.3) is 5.91 Å². The monoisotopic (exact) mass is 294 g/mol. The van der Waals surface area contributed by atoms with Crippen molar-refractivity contribution < 1.29 is 4.79 Å². The first kappa shape index (κ1) is 12.5. The molecular weight excluding hydrogens is 280 g/mol. The second-order valence-electron chi connectivity index (χ2n) is 5.25. The maximum atomic E-state index is 12.4. The third kappa shape index (κ3) is 2.21. The minimum Gasteiger partial charge on any atom is -0.319 e. The summed E-state index contributed by atoms with van der Waals surface area (Å²) in [5, 5.41) is 4.03. The number of carbonyl (C=O) groups is 1. The standard InChI is InChI=1S/C17H14N2OS/c20-17(15-10-12-5-2-8-14(12)21-15)19-13-7-1-4-11-6-3-9-18-16(11)13/h1,3-4,6-7,9-10H,2,5,8H2,(H,19,20). The van der Waals surface area contributed by atoms with E-state index >= 15 is 0 Å². The van der Waals surface area contributed by atoms with Gasteiger partial charge >= 0.3 is 0 Å².